The molecular weight excluding hydrogens is 338 g/mol. The Kier molecular flexibility index (Phi) is 5.78. The van der Waals surface area contributed by atoms with Gasteiger partial charge in [0.2, 0.25) is 0 Å². The number of hydrogen-bond acceptors (Lipinski definition) is 3. The van der Waals surface area contributed by atoms with Gasteiger partial charge < -0.3 is 15.2 Å². The molecule has 27 heavy (non-hydrogen) atoms. The molecule has 0 fully saturated rings. The molecule has 0 saturated carbocycles. The topological polar surface area (TPSA) is 72.1 Å². The van der Waals surface area contributed by atoms with Crippen LogP contribution in [0.4, 0.5) is 0 Å². The molecule has 2 heterocycles. The molecule has 0 spiro atoms. The first-order valence-corrected chi connectivity index (χ1v) is 9.44. The van der Waals surface area contributed by atoms with Gasteiger partial charge >= 0.3 is 0 Å². The van der Waals surface area contributed by atoms with Crippen molar-refractivity contribution < 1.29 is 0 Å². The Bertz CT molecular complexity index is 949. The molecule has 3 aromatic rings. The number of nitrogens with zero attached hydrogens (tertiary/aromatic N) is 5. The van der Waals surface area contributed by atoms with Crippen LogP contribution in [0.2, 0.25) is 0 Å². The molecule has 0 aliphatic carbocycles. The lowest BCUT2D eigenvalue weighted by atomic mass is 10.2. The zero-order valence-electron chi connectivity index (χ0n) is 16.9. The second kappa shape index (κ2) is 8.24. The molecule has 0 aliphatic heterocycles. The summed E-state index contributed by atoms with van der Waals surface area (Å²) in [4.78, 5) is 9.36. The van der Waals surface area contributed by atoms with E-state index in [0.717, 1.165) is 48.3 Å². The number of guanidine groups is 1. The van der Waals surface area contributed by atoms with Crippen LogP contribution in [0.25, 0.3) is 11.0 Å². The SMILES string of the molecule is CCNC(=NCc1c(C)nn(C)c1C)NCCn1c(C)nc2ccccc21. The molecule has 1 aromatic carbocycles. The third-order valence-electron chi connectivity index (χ3n) is 4.87. The third kappa shape index (κ3) is 4.13. The van der Waals surface area contributed by atoms with Crippen LogP contribution in [-0.2, 0) is 20.1 Å². The quantitative estimate of drug-likeness (QED) is 0.519. The summed E-state index contributed by atoms with van der Waals surface area (Å²) in [5.74, 6) is 1.85. The van der Waals surface area contributed by atoms with Gasteiger partial charge in [-0.15, -0.1) is 0 Å². The van der Waals surface area contributed by atoms with Crippen LogP contribution in [0.1, 0.15) is 29.7 Å². The van der Waals surface area contributed by atoms with Gasteiger partial charge in [-0.1, -0.05) is 12.1 Å². The summed E-state index contributed by atoms with van der Waals surface area (Å²) < 4.78 is 4.15. The molecule has 7 nitrogen and oxygen atoms in total. The lowest BCUT2D eigenvalue weighted by Crippen LogP contribution is -2.39. The van der Waals surface area contributed by atoms with Crippen LogP contribution in [0.5, 0.6) is 0 Å². The highest BCUT2D eigenvalue weighted by Crippen LogP contribution is 2.15. The molecule has 3 rings (SSSR count). The first-order chi connectivity index (χ1) is 13.0. The number of fused-ring (bicyclic) bond motifs is 1. The molecule has 0 amide bonds. The van der Waals surface area contributed by atoms with Crippen molar-refractivity contribution in [1.29, 1.82) is 0 Å². The number of benzene rings is 1. The molecule has 0 radical (unpaired) electrons. The van der Waals surface area contributed by atoms with Crippen molar-refractivity contribution in [2.45, 2.75) is 40.8 Å². The largest absolute Gasteiger partial charge is 0.357 e. The van der Waals surface area contributed by atoms with Crippen LogP contribution in [0.15, 0.2) is 29.3 Å². The summed E-state index contributed by atoms with van der Waals surface area (Å²) in [6.07, 6.45) is 0. The molecule has 2 N–H and O–H groups in total. The number of aromatic nitrogens is 4. The second-order valence-corrected chi connectivity index (χ2v) is 6.69. The monoisotopic (exact) mass is 367 g/mol. The lowest BCUT2D eigenvalue weighted by Gasteiger charge is -2.13. The van der Waals surface area contributed by atoms with E-state index in [9.17, 15) is 0 Å². The molecule has 144 valence electrons. The molecule has 2 aromatic heterocycles. The first-order valence-electron chi connectivity index (χ1n) is 9.44. The number of rotatable bonds is 6. The molecular formula is C20H29N7. The maximum absolute atomic E-state index is 4.74. The molecule has 0 unspecified atom stereocenters. The summed E-state index contributed by atoms with van der Waals surface area (Å²) in [5.41, 5.74) is 5.59. The number of aliphatic imine (C=N–C) groups is 1. The minimum absolute atomic E-state index is 0.619. The number of aryl methyl sites for hydroxylation is 3. The number of imidazole rings is 1. The van der Waals surface area contributed by atoms with Gasteiger partial charge in [0, 0.05) is 37.9 Å². The van der Waals surface area contributed by atoms with Crippen LogP contribution in [-0.4, -0.2) is 38.4 Å². The van der Waals surface area contributed by atoms with Gasteiger partial charge in [0.1, 0.15) is 5.82 Å². The van der Waals surface area contributed by atoms with Crippen molar-refractivity contribution in [3.8, 4) is 0 Å². The van der Waals surface area contributed by atoms with Crippen LogP contribution in [0.3, 0.4) is 0 Å². The van der Waals surface area contributed by atoms with Crippen LogP contribution < -0.4 is 10.6 Å². The van der Waals surface area contributed by atoms with Gasteiger partial charge in [-0.25, -0.2) is 9.98 Å². The Morgan fingerprint density at radius 3 is 2.63 bits per heavy atom. The van der Waals surface area contributed by atoms with Gasteiger partial charge in [0.25, 0.3) is 0 Å². The molecule has 0 atom stereocenters. The van der Waals surface area contributed by atoms with E-state index in [1.165, 1.54) is 11.1 Å². The standard InChI is InChI=1S/C20H29N7/c1-6-21-20(23-13-17-14(2)25-26(5)15(17)3)22-11-12-27-16(4)24-18-9-7-8-10-19(18)27/h7-10H,6,11-13H2,1-5H3,(H2,21,22,23). The zero-order valence-corrected chi connectivity index (χ0v) is 16.9. The predicted molar refractivity (Wildman–Crippen MR) is 110 cm³/mol. The van der Waals surface area contributed by atoms with Crippen LogP contribution in [0, 0.1) is 20.8 Å². The number of hydrogen-bond donors (Lipinski definition) is 2. The molecule has 0 bridgehead atoms. The van der Waals surface area contributed by atoms with Crippen molar-refractivity contribution in [3.05, 3.63) is 47.0 Å². The second-order valence-electron chi connectivity index (χ2n) is 6.69. The van der Waals surface area contributed by atoms with Crippen molar-refractivity contribution in [3.63, 3.8) is 0 Å². The highest BCUT2D eigenvalue weighted by molar-refractivity contribution is 5.80. The predicted octanol–water partition coefficient (Wildman–Crippen LogP) is 2.45. The van der Waals surface area contributed by atoms with E-state index < -0.39 is 0 Å². The summed E-state index contributed by atoms with van der Waals surface area (Å²) in [5, 5.41) is 11.2. The number of para-hydroxylation sites is 2. The van der Waals surface area contributed by atoms with Gasteiger partial charge in [0.05, 0.1) is 23.3 Å². The smallest absolute Gasteiger partial charge is 0.191 e. The third-order valence-corrected chi connectivity index (χ3v) is 4.87. The van der Waals surface area contributed by atoms with E-state index >= 15 is 0 Å². The lowest BCUT2D eigenvalue weighted by molar-refractivity contribution is 0.660. The van der Waals surface area contributed by atoms with Crippen LogP contribution >= 0.6 is 0 Å². The van der Waals surface area contributed by atoms with Gasteiger partial charge in [-0.05, 0) is 39.8 Å². The van der Waals surface area contributed by atoms with E-state index in [-0.39, 0.29) is 0 Å². The van der Waals surface area contributed by atoms with Crippen molar-refractivity contribution in [1.82, 2.24) is 30.0 Å². The summed E-state index contributed by atoms with van der Waals surface area (Å²) >= 11 is 0. The van der Waals surface area contributed by atoms with Crippen molar-refractivity contribution >= 4 is 17.0 Å². The van der Waals surface area contributed by atoms with Crippen molar-refractivity contribution in [2.24, 2.45) is 12.0 Å². The highest BCUT2D eigenvalue weighted by Gasteiger charge is 2.09. The van der Waals surface area contributed by atoms with Gasteiger partial charge in [0.15, 0.2) is 5.96 Å². The van der Waals surface area contributed by atoms with E-state index in [1.807, 2.05) is 31.6 Å². The summed E-state index contributed by atoms with van der Waals surface area (Å²) in [6.45, 7) is 11.3. The maximum atomic E-state index is 4.74. The minimum Gasteiger partial charge on any atom is -0.357 e. The summed E-state index contributed by atoms with van der Waals surface area (Å²) in [7, 11) is 1.97. The normalized spacial score (nSPS) is 12.0. The number of nitrogens with one attached hydrogen (secondary N) is 2. The fourth-order valence-corrected chi connectivity index (χ4v) is 3.31. The molecule has 0 aliphatic rings. The fraction of sp³-hybridized carbons (Fsp3) is 0.450. The Morgan fingerprint density at radius 1 is 1.15 bits per heavy atom. The van der Waals surface area contributed by atoms with E-state index in [2.05, 4.69) is 57.3 Å². The zero-order chi connectivity index (χ0) is 19.4. The minimum atomic E-state index is 0.619. The van der Waals surface area contributed by atoms with E-state index in [1.54, 1.807) is 0 Å². The van der Waals surface area contributed by atoms with Crippen molar-refractivity contribution in [2.75, 3.05) is 13.1 Å². The Hall–Kier alpha value is -2.83. The summed E-state index contributed by atoms with van der Waals surface area (Å²) in [6, 6.07) is 8.24. The average Bonchev–Trinajstić information content (AvgIpc) is 3.09. The Morgan fingerprint density at radius 2 is 1.93 bits per heavy atom. The molecule has 7 heteroatoms. The fourth-order valence-electron chi connectivity index (χ4n) is 3.31. The Balaban J connectivity index is 1.66. The highest BCUT2D eigenvalue weighted by atomic mass is 15.3. The van der Waals surface area contributed by atoms with E-state index in [0.29, 0.717) is 6.54 Å². The van der Waals surface area contributed by atoms with E-state index in [4.69, 9.17) is 4.99 Å². The first kappa shape index (κ1) is 18.9. The maximum Gasteiger partial charge on any atom is 0.191 e. The average molecular weight is 368 g/mol. The van der Waals surface area contributed by atoms with Gasteiger partial charge in [-0.3, -0.25) is 4.68 Å². The Labute approximate surface area is 160 Å². The van der Waals surface area contributed by atoms with Gasteiger partial charge in [-0.2, -0.15) is 5.10 Å². The molecule has 0 saturated heterocycles.